The summed E-state index contributed by atoms with van der Waals surface area (Å²) in [7, 11) is 0. The molecule has 2 aliphatic carbocycles. The Labute approximate surface area is 160 Å². The highest BCUT2D eigenvalue weighted by Gasteiger charge is 2.29. The molecule has 2 aliphatic rings. The zero-order valence-electron chi connectivity index (χ0n) is 15.6. The predicted octanol–water partition coefficient (Wildman–Crippen LogP) is 3.59. The van der Waals surface area contributed by atoms with Crippen LogP contribution in [0.5, 0.6) is 5.75 Å². The van der Waals surface area contributed by atoms with Crippen molar-refractivity contribution in [3.05, 3.63) is 36.5 Å². The highest BCUT2D eigenvalue weighted by Crippen LogP contribution is 2.28. The average molecular weight is 368 g/mol. The Morgan fingerprint density at radius 2 is 1.81 bits per heavy atom. The number of ether oxygens (including phenoxy) is 1. The van der Waals surface area contributed by atoms with Crippen molar-refractivity contribution in [2.45, 2.75) is 69.6 Å². The van der Waals surface area contributed by atoms with E-state index in [4.69, 9.17) is 4.74 Å². The van der Waals surface area contributed by atoms with E-state index in [-0.39, 0.29) is 30.1 Å². The van der Waals surface area contributed by atoms with Crippen LogP contribution in [0.3, 0.4) is 0 Å². The molecule has 2 saturated carbocycles. The Bertz CT molecular complexity index is 778. The van der Waals surface area contributed by atoms with Crippen LogP contribution in [0.2, 0.25) is 0 Å². The van der Waals surface area contributed by atoms with Crippen molar-refractivity contribution in [3.8, 4) is 5.75 Å². The topological polar surface area (TPSA) is 71.5 Å². The number of aliphatic hydroxyl groups excluding tert-OH is 1. The van der Waals surface area contributed by atoms with E-state index in [2.05, 4.69) is 10.3 Å². The molecule has 0 aliphatic heterocycles. The number of carbonyl (C=O) groups is 1. The van der Waals surface area contributed by atoms with Crippen LogP contribution in [0.1, 0.15) is 51.4 Å². The molecular weight excluding hydrogens is 340 g/mol. The molecule has 1 aromatic carbocycles. The summed E-state index contributed by atoms with van der Waals surface area (Å²) in [5.41, 5.74) is 0.978. The van der Waals surface area contributed by atoms with E-state index in [1.54, 1.807) is 6.20 Å². The fourth-order valence-electron chi connectivity index (χ4n) is 4.30. The summed E-state index contributed by atoms with van der Waals surface area (Å²) in [4.78, 5) is 16.8. The zero-order chi connectivity index (χ0) is 18.6. The van der Waals surface area contributed by atoms with E-state index in [0.29, 0.717) is 0 Å². The largest absolute Gasteiger partial charge is 0.490 e. The van der Waals surface area contributed by atoms with Crippen molar-refractivity contribution in [3.63, 3.8) is 0 Å². The minimum Gasteiger partial charge on any atom is -0.490 e. The van der Waals surface area contributed by atoms with Gasteiger partial charge in [0.2, 0.25) is 5.91 Å². The predicted molar refractivity (Wildman–Crippen MR) is 105 cm³/mol. The van der Waals surface area contributed by atoms with Gasteiger partial charge in [0.15, 0.2) is 0 Å². The Kier molecular flexibility index (Phi) is 5.58. The van der Waals surface area contributed by atoms with Crippen molar-refractivity contribution in [2.75, 3.05) is 0 Å². The molecular formula is C22H28N2O3. The summed E-state index contributed by atoms with van der Waals surface area (Å²) in [6.45, 7) is 0. The monoisotopic (exact) mass is 368 g/mol. The van der Waals surface area contributed by atoms with E-state index in [9.17, 15) is 9.90 Å². The lowest BCUT2D eigenvalue weighted by molar-refractivity contribution is -0.127. The van der Waals surface area contributed by atoms with Gasteiger partial charge in [0.1, 0.15) is 5.75 Å². The number of carbonyl (C=O) groups excluding carboxylic acids is 1. The van der Waals surface area contributed by atoms with Gasteiger partial charge in [0.05, 0.1) is 17.7 Å². The number of nitrogens with zero attached hydrogens (tertiary/aromatic N) is 1. The van der Waals surface area contributed by atoms with Gasteiger partial charge in [-0.2, -0.15) is 0 Å². The molecule has 4 rings (SSSR count). The molecule has 0 spiro atoms. The normalized spacial score (nSPS) is 28.6. The Balaban J connectivity index is 1.25. The van der Waals surface area contributed by atoms with Crippen molar-refractivity contribution in [2.24, 2.45) is 5.92 Å². The van der Waals surface area contributed by atoms with Crippen LogP contribution >= 0.6 is 0 Å². The molecule has 0 bridgehead atoms. The molecule has 5 nitrogen and oxygen atoms in total. The van der Waals surface area contributed by atoms with Gasteiger partial charge in [-0.25, -0.2) is 0 Å². The second-order valence-corrected chi connectivity index (χ2v) is 7.96. The van der Waals surface area contributed by atoms with Gasteiger partial charge >= 0.3 is 0 Å². The number of aliphatic hydroxyl groups is 1. The van der Waals surface area contributed by atoms with Crippen molar-refractivity contribution in [1.29, 1.82) is 0 Å². The van der Waals surface area contributed by atoms with Gasteiger partial charge in [-0.05, 0) is 75.6 Å². The lowest BCUT2D eigenvalue weighted by atomic mass is 9.86. The number of nitrogens with one attached hydrogen (secondary N) is 1. The molecule has 1 aromatic heterocycles. The molecule has 27 heavy (non-hydrogen) atoms. The van der Waals surface area contributed by atoms with E-state index >= 15 is 0 Å². The molecule has 2 fully saturated rings. The standard InChI is InChI=1S/C22H28N2O3/c25-18-7-3-15(4-8-18)22(26)24-17-5-9-19(10-6-17)27-20-11-12-21-16(14-20)2-1-13-23-21/h1-2,11-15,17-19,25H,3-10H2,(H,24,26). The first-order valence-electron chi connectivity index (χ1n) is 10.2. The third-order valence-corrected chi connectivity index (χ3v) is 5.97. The van der Waals surface area contributed by atoms with Crippen molar-refractivity contribution in [1.82, 2.24) is 10.3 Å². The van der Waals surface area contributed by atoms with Gasteiger partial charge in [-0.15, -0.1) is 0 Å². The van der Waals surface area contributed by atoms with Gasteiger partial charge in [0.25, 0.3) is 0 Å². The number of benzene rings is 1. The fraction of sp³-hybridized carbons (Fsp3) is 0.545. The van der Waals surface area contributed by atoms with E-state index in [0.717, 1.165) is 68.0 Å². The number of hydrogen-bond donors (Lipinski definition) is 2. The van der Waals surface area contributed by atoms with Gasteiger partial charge in [-0.1, -0.05) is 6.07 Å². The van der Waals surface area contributed by atoms with Gasteiger partial charge < -0.3 is 15.2 Å². The van der Waals surface area contributed by atoms with Gasteiger partial charge in [-0.3, -0.25) is 9.78 Å². The number of aromatic nitrogens is 1. The molecule has 2 aromatic rings. The summed E-state index contributed by atoms with van der Waals surface area (Å²) >= 11 is 0. The van der Waals surface area contributed by atoms with Crippen LogP contribution in [0.15, 0.2) is 36.5 Å². The van der Waals surface area contributed by atoms with Crippen LogP contribution in [0, 0.1) is 5.92 Å². The van der Waals surface area contributed by atoms with Gasteiger partial charge in [0, 0.05) is 23.5 Å². The maximum Gasteiger partial charge on any atom is 0.223 e. The second kappa shape index (κ2) is 8.26. The maximum absolute atomic E-state index is 12.4. The summed E-state index contributed by atoms with van der Waals surface area (Å²) in [5.74, 6) is 1.14. The number of fused-ring (bicyclic) bond motifs is 1. The SMILES string of the molecule is O=C(NC1CCC(Oc2ccc3ncccc3c2)CC1)C1CCC(O)CC1. The summed E-state index contributed by atoms with van der Waals surface area (Å²) in [6.07, 6.45) is 8.74. The Morgan fingerprint density at radius 1 is 1.04 bits per heavy atom. The first kappa shape index (κ1) is 18.2. The second-order valence-electron chi connectivity index (χ2n) is 7.96. The average Bonchev–Trinajstić information content (AvgIpc) is 2.70. The molecule has 0 radical (unpaired) electrons. The minimum absolute atomic E-state index is 0.0774. The number of pyridine rings is 1. The summed E-state index contributed by atoms with van der Waals surface area (Å²) in [5, 5.41) is 13.9. The zero-order valence-corrected chi connectivity index (χ0v) is 15.6. The third-order valence-electron chi connectivity index (χ3n) is 5.97. The molecule has 2 N–H and O–H groups in total. The first-order chi connectivity index (χ1) is 13.2. The smallest absolute Gasteiger partial charge is 0.223 e. The molecule has 0 unspecified atom stereocenters. The fourth-order valence-corrected chi connectivity index (χ4v) is 4.30. The molecule has 144 valence electrons. The summed E-state index contributed by atoms with van der Waals surface area (Å²) in [6, 6.07) is 10.3. The van der Waals surface area contributed by atoms with E-state index in [1.165, 1.54) is 0 Å². The molecule has 1 amide bonds. The van der Waals surface area contributed by atoms with E-state index < -0.39 is 0 Å². The van der Waals surface area contributed by atoms with Crippen LogP contribution in [0.4, 0.5) is 0 Å². The van der Waals surface area contributed by atoms with Crippen LogP contribution < -0.4 is 10.1 Å². The number of amides is 1. The van der Waals surface area contributed by atoms with Crippen LogP contribution in [0.25, 0.3) is 10.9 Å². The minimum atomic E-state index is -0.215. The Morgan fingerprint density at radius 3 is 2.59 bits per heavy atom. The molecule has 0 saturated heterocycles. The highest BCUT2D eigenvalue weighted by molar-refractivity contribution is 5.80. The Hall–Kier alpha value is -2.14. The number of rotatable bonds is 4. The van der Waals surface area contributed by atoms with E-state index in [1.807, 2.05) is 30.3 Å². The first-order valence-corrected chi connectivity index (χ1v) is 10.2. The molecule has 1 heterocycles. The molecule has 0 atom stereocenters. The van der Waals surface area contributed by atoms with Crippen molar-refractivity contribution >= 4 is 16.8 Å². The maximum atomic E-state index is 12.4. The third kappa shape index (κ3) is 4.59. The highest BCUT2D eigenvalue weighted by atomic mass is 16.5. The van der Waals surface area contributed by atoms with Crippen LogP contribution in [-0.2, 0) is 4.79 Å². The quantitative estimate of drug-likeness (QED) is 0.865. The molecule has 5 heteroatoms. The summed E-state index contributed by atoms with van der Waals surface area (Å²) < 4.78 is 6.18. The number of hydrogen-bond acceptors (Lipinski definition) is 4. The van der Waals surface area contributed by atoms with Crippen molar-refractivity contribution < 1.29 is 14.6 Å². The lowest BCUT2D eigenvalue weighted by Crippen LogP contribution is -2.43. The lowest BCUT2D eigenvalue weighted by Gasteiger charge is -2.31. The van der Waals surface area contributed by atoms with Crippen LogP contribution in [-0.4, -0.2) is 34.2 Å².